The molecule has 10 saturated heterocycles. The number of rotatable bonds is 22. The van der Waals surface area contributed by atoms with Crippen molar-refractivity contribution in [1.29, 1.82) is 0 Å². The third-order valence-electron chi connectivity index (χ3n) is 30.7. The first kappa shape index (κ1) is 92.9. The molecule has 126 heavy (non-hydrogen) atoms. The van der Waals surface area contributed by atoms with Crippen LogP contribution in [0.15, 0.2) is 116 Å². The van der Waals surface area contributed by atoms with E-state index in [-0.39, 0.29) is 5.82 Å². The second-order valence-electron chi connectivity index (χ2n) is 41.4. The summed E-state index contributed by atoms with van der Waals surface area (Å²) in [6, 6.07) is 29.6. The lowest BCUT2D eigenvalue weighted by Gasteiger charge is -2.55. The molecule has 7 aromatic heterocycles. The zero-order valence-corrected chi connectivity index (χ0v) is 79.5. The Morgan fingerprint density at radius 1 is 0.325 bits per heavy atom. The fourth-order valence-electron chi connectivity index (χ4n) is 22.8. The Hall–Kier alpha value is -7.82. The highest BCUT2D eigenvalue weighted by atomic mass is 35.5. The van der Waals surface area contributed by atoms with Crippen LogP contribution in [0.4, 0.5) is 45.2 Å². The van der Waals surface area contributed by atoms with E-state index in [4.69, 9.17) is 16.3 Å². The van der Waals surface area contributed by atoms with Crippen LogP contribution in [0.2, 0.25) is 5.02 Å². The molecule has 14 atom stereocenters. The molecule has 14 unspecified atom stereocenters. The van der Waals surface area contributed by atoms with E-state index >= 15 is 0 Å². The van der Waals surface area contributed by atoms with Gasteiger partial charge in [-0.3, -0.25) is 0 Å². The summed E-state index contributed by atoms with van der Waals surface area (Å²) >= 11 is 6.15. The highest BCUT2D eigenvalue weighted by Gasteiger charge is 2.53. The normalized spacial score (nSPS) is 31.2. The van der Waals surface area contributed by atoms with Gasteiger partial charge in [-0.15, -0.1) is 0 Å². The molecule has 17 heterocycles. The van der Waals surface area contributed by atoms with Crippen molar-refractivity contribution in [2.45, 2.75) is 247 Å². The number of likely N-dealkylation sites (tertiary alicyclic amines) is 4. The van der Waals surface area contributed by atoms with Gasteiger partial charge in [0, 0.05) is 231 Å². The predicted molar refractivity (Wildman–Crippen MR) is 509 cm³/mol. The van der Waals surface area contributed by atoms with Gasteiger partial charge in [0.05, 0.1) is 24.0 Å². The van der Waals surface area contributed by atoms with E-state index in [0.29, 0.717) is 108 Å². The molecule has 7 aliphatic carbocycles. The molecule has 7 N–H and O–H groups in total. The van der Waals surface area contributed by atoms with E-state index in [0.717, 1.165) is 141 Å². The Kier molecular flexibility index (Phi) is 30.9. The van der Waals surface area contributed by atoms with Crippen molar-refractivity contribution in [3.8, 4) is 5.88 Å². The maximum Gasteiger partial charge on any atom is 0.222 e. The Morgan fingerprint density at radius 3 is 1.06 bits per heavy atom. The van der Waals surface area contributed by atoms with Gasteiger partial charge < -0.3 is 76.3 Å². The Morgan fingerprint density at radius 2 is 0.690 bits per heavy atom. The van der Waals surface area contributed by atoms with E-state index in [1.807, 2.05) is 94.2 Å². The van der Waals surface area contributed by atoms with Gasteiger partial charge in [-0.2, -0.15) is 0 Å². The zero-order chi connectivity index (χ0) is 88.7. The third kappa shape index (κ3) is 22.8. The molecule has 7 aromatic rings. The second kappa shape index (κ2) is 41.9. The van der Waals surface area contributed by atoms with Gasteiger partial charge in [0.15, 0.2) is 11.6 Å². The molecule has 14 bridgehead atoms. The van der Waals surface area contributed by atoms with E-state index < -0.39 is 0 Å². The number of hydrogen-bond donors (Lipinski definition) is 7. The van der Waals surface area contributed by atoms with Crippen molar-refractivity contribution in [3.63, 3.8) is 0 Å². The SMILES string of the molecule is CC(C)N1CC2CC(C1)C2Nc1ccccn1.CC(C)N1CC2CC(C1)C2Nc1ncccc1Cl.CC(C)N1CC2CC(C1)C2Nc1ncccn1.COc1ccc(NC2C3CC2CN(C(C)C)C3)cn1.Cc1ccc(F)c(NC2C3CC2CN(C(C)C)C3)n1.Cc1cnc(NC2C3CC2CN(C(C)C)C3)nc1.Cc1nccc(NC2C3CC2CN(C(C)C)C3)n1. The molecule has 17 fully saturated rings. The molecule has 17 aliphatic rings. The topological polar surface area (TPSA) is 245 Å². The van der Waals surface area contributed by atoms with Gasteiger partial charge >= 0.3 is 0 Å². The first-order chi connectivity index (χ1) is 60.6. The molecule has 7 saturated carbocycles. The lowest BCUT2D eigenvalue weighted by molar-refractivity contribution is -0.00446. The average Bonchev–Trinajstić information content (AvgIpc) is 0.749. The van der Waals surface area contributed by atoms with Gasteiger partial charge in [-0.25, -0.2) is 54.2 Å². The van der Waals surface area contributed by atoms with Gasteiger partial charge in [-0.05, 0) is 306 Å². The molecule has 27 heteroatoms. The lowest BCUT2D eigenvalue weighted by atomic mass is 9.66. The van der Waals surface area contributed by atoms with Crippen molar-refractivity contribution in [1.82, 2.24) is 84.1 Å². The second-order valence-corrected chi connectivity index (χ2v) is 41.8. The Bertz CT molecular complexity index is 4380. The fourth-order valence-corrected chi connectivity index (χ4v) is 22.9. The number of nitrogens with one attached hydrogen (secondary N) is 7. The number of halogens is 2. The molecule has 686 valence electrons. The molecule has 10 aliphatic heterocycles. The maximum atomic E-state index is 13.7. The summed E-state index contributed by atoms with van der Waals surface area (Å²) < 4.78 is 18.8. The zero-order valence-electron chi connectivity index (χ0n) is 78.8. The number of methoxy groups -OCH3 is 1. The Labute approximate surface area is 757 Å². The van der Waals surface area contributed by atoms with Crippen molar-refractivity contribution < 1.29 is 9.13 Å². The van der Waals surface area contributed by atoms with Crippen LogP contribution in [0.3, 0.4) is 0 Å². The van der Waals surface area contributed by atoms with Gasteiger partial charge in [0.2, 0.25) is 17.8 Å². The lowest BCUT2D eigenvalue weighted by Crippen LogP contribution is -2.62. The van der Waals surface area contributed by atoms with Crippen molar-refractivity contribution in [2.24, 2.45) is 82.9 Å². The number of nitrogens with zero attached hydrogens (tertiary/aromatic N) is 17. The summed E-state index contributed by atoms with van der Waals surface area (Å²) in [6.45, 7) is 54.8. The third-order valence-corrected chi connectivity index (χ3v) is 31.0. The van der Waals surface area contributed by atoms with E-state index in [9.17, 15) is 4.39 Å². The van der Waals surface area contributed by atoms with Gasteiger partial charge in [0.1, 0.15) is 23.3 Å². The predicted octanol–water partition coefficient (Wildman–Crippen LogP) is 15.5. The van der Waals surface area contributed by atoms with Crippen LogP contribution < -0.4 is 42.0 Å². The number of piperidine rings is 14. The average molecular weight is 1750 g/mol. The summed E-state index contributed by atoms with van der Waals surface area (Å²) in [5, 5.41) is 25.5. The van der Waals surface area contributed by atoms with Crippen molar-refractivity contribution >= 4 is 52.5 Å². The van der Waals surface area contributed by atoms with Gasteiger partial charge in [-0.1, -0.05) is 17.7 Å². The van der Waals surface area contributed by atoms with Gasteiger partial charge in [0.25, 0.3) is 0 Å². The summed E-state index contributed by atoms with van der Waals surface area (Å²) in [5.74, 6) is 16.8. The molecule has 24 rings (SSSR count). The minimum Gasteiger partial charge on any atom is -0.481 e. The monoisotopic (exact) mass is 1750 g/mol. The van der Waals surface area contributed by atoms with Crippen LogP contribution >= 0.6 is 11.6 Å². The maximum absolute atomic E-state index is 13.7. The minimum atomic E-state index is -0.240. The highest BCUT2D eigenvalue weighted by Crippen LogP contribution is 2.49. The molecule has 25 nitrogen and oxygen atoms in total. The summed E-state index contributed by atoms with van der Waals surface area (Å²) in [6.07, 6.45) is 24.2. The van der Waals surface area contributed by atoms with E-state index in [1.54, 1.807) is 31.8 Å². The summed E-state index contributed by atoms with van der Waals surface area (Å²) in [5.41, 5.74) is 3.08. The number of ether oxygens (including phenoxy) is 1. The smallest absolute Gasteiger partial charge is 0.222 e. The number of aromatic nitrogens is 10. The first-order valence-corrected chi connectivity index (χ1v) is 48.5. The standard InChI is InChI=1S/C15H22FN3.C15H23N3O.C14H20ClN3.2C14H22N4.C14H21N3.C13H20N4/c1-9(2)19-7-11-6-12(8-19)14(11)18-15-13(16)5-4-10(3)17-15;1-10(2)18-8-11-6-12(9-18)15(11)17-13-4-5-14(19-3)16-7-13;1-9(2)18-7-10-6-11(8-18)13(10)17-14-12(15)4-3-5-16-14;1-9(2)18-7-11-4-12(8-18)13(11)17-14-15-5-10(3)6-16-14;1-9(2)18-7-11-6-12(8-18)14(11)17-13-4-5-15-10(3)16-13;1-10(2)17-8-11-7-12(9-17)14(11)16-13-5-3-4-6-15-13;1-9(2)17-7-10-6-11(8-17)12(10)16-13-14-4-3-5-15-13/h4-5,9,11-12,14H,6-8H2,1-3H3,(H,17,18);4-5,7,10-12,15,17H,6,8-9H2,1-3H3;3-5,9-11,13H,6-8H2,1-2H3,(H,16,17);5-6,9,11-13H,4,7-8H2,1-3H3,(H,15,16,17);4-5,9,11-12,14H,6-8H2,1-3H3,(H,15,16,17);3-6,10-12,14H,7-9H2,1-2H3,(H,15,16);3-5,9-12H,6-8H2,1-2H3,(H,14,15,16). The molecular formula is C99H150ClFN24O. The number of pyridine rings is 4. The number of anilines is 7. The van der Waals surface area contributed by atoms with Crippen LogP contribution in [0.1, 0.15) is 159 Å². The molecule has 0 spiro atoms. The van der Waals surface area contributed by atoms with Crippen molar-refractivity contribution in [2.75, 3.05) is 136 Å². The number of fused-ring (bicyclic) bond motifs is 14. The van der Waals surface area contributed by atoms with Crippen LogP contribution in [0, 0.1) is 109 Å². The molecular weight excluding hydrogens is 1600 g/mol. The molecule has 0 aromatic carbocycles. The highest BCUT2D eigenvalue weighted by molar-refractivity contribution is 6.32. The van der Waals surface area contributed by atoms with Crippen LogP contribution in [-0.2, 0) is 0 Å². The van der Waals surface area contributed by atoms with Crippen LogP contribution in [-0.4, -0.2) is 267 Å². The largest absolute Gasteiger partial charge is 0.481 e. The Balaban J connectivity index is 0.000000113. The number of aryl methyl sites for hydroxylation is 3. The molecule has 0 amide bonds. The summed E-state index contributed by atoms with van der Waals surface area (Å²) in [4.78, 5) is 61.1. The molecule has 0 radical (unpaired) electrons. The van der Waals surface area contributed by atoms with Crippen molar-refractivity contribution in [3.05, 3.63) is 144 Å². The summed E-state index contributed by atoms with van der Waals surface area (Å²) in [7, 11) is 1.65. The van der Waals surface area contributed by atoms with E-state index in [1.165, 1.54) is 130 Å². The van der Waals surface area contributed by atoms with Crippen LogP contribution in [0.5, 0.6) is 5.88 Å². The fraction of sp³-hybridized carbons (Fsp3) is 0.677. The van der Waals surface area contributed by atoms with E-state index in [2.05, 4.69) is 230 Å². The quantitative estimate of drug-likeness (QED) is 0.0333. The van der Waals surface area contributed by atoms with Crippen LogP contribution in [0.25, 0.3) is 0 Å². The minimum absolute atomic E-state index is 0.240. The first-order valence-electron chi connectivity index (χ1n) is 48.1. The number of hydrogen-bond acceptors (Lipinski definition) is 25.